The Morgan fingerprint density at radius 2 is 1.76 bits per heavy atom. The van der Waals surface area contributed by atoms with Gasteiger partial charge in [0.05, 0.1) is 4.90 Å². The first-order valence-electron chi connectivity index (χ1n) is 5.80. The molecule has 0 aromatic heterocycles. The van der Waals surface area contributed by atoms with E-state index >= 15 is 0 Å². The molecule has 0 fully saturated rings. The van der Waals surface area contributed by atoms with Crippen molar-refractivity contribution in [3.63, 3.8) is 0 Å². The average Bonchev–Trinajstić information content (AvgIpc) is 2.43. The molecule has 3 N–H and O–H groups in total. The zero-order valence-electron chi connectivity index (χ0n) is 10.6. The molecule has 0 saturated carbocycles. The summed E-state index contributed by atoms with van der Waals surface area (Å²) in [7, 11) is -4.10. The molecule has 0 amide bonds. The van der Waals surface area contributed by atoms with Gasteiger partial charge in [0.2, 0.25) is 0 Å². The van der Waals surface area contributed by atoms with Crippen LogP contribution in [0.3, 0.4) is 0 Å². The van der Waals surface area contributed by atoms with E-state index in [9.17, 15) is 17.2 Å². The van der Waals surface area contributed by atoms with Gasteiger partial charge in [-0.1, -0.05) is 28.1 Å². The summed E-state index contributed by atoms with van der Waals surface area (Å²) < 4.78 is 53.8. The van der Waals surface area contributed by atoms with Crippen molar-refractivity contribution >= 4 is 31.6 Å². The van der Waals surface area contributed by atoms with Crippen LogP contribution >= 0.6 is 15.9 Å². The summed E-state index contributed by atoms with van der Waals surface area (Å²) in [6, 6.07) is 7.76. The summed E-state index contributed by atoms with van der Waals surface area (Å²) >= 11 is 2.92. The largest absolute Gasteiger partial charge is 0.326 e. The second-order valence-corrected chi connectivity index (χ2v) is 6.80. The molecule has 0 aliphatic carbocycles. The van der Waals surface area contributed by atoms with Crippen molar-refractivity contribution in [1.82, 2.24) is 0 Å². The molecule has 2 rings (SSSR count). The lowest BCUT2D eigenvalue weighted by Gasteiger charge is -2.11. The quantitative estimate of drug-likeness (QED) is 0.861. The highest BCUT2D eigenvalue weighted by molar-refractivity contribution is 9.10. The van der Waals surface area contributed by atoms with Crippen LogP contribution in [0.15, 0.2) is 45.8 Å². The number of sulfonamides is 1. The highest BCUT2D eigenvalue weighted by Crippen LogP contribution is 2.26. The van der Waals surface area contributed by atoms with Crippen molar-refractivity contribution in [2.45, 2.75) is 11.4 Å². The zero-order chi connectivity index (χ0) is 15.6. The molecule has 112 valence electrons. The Hall–Kier alpha value is -1.51. The third-order valence-corrected chi connectivity index (χ3v) is 4.49. The minimum Gasteiger partial charge on any atom is -0.326 e. The molecule has 2 aromatic carbocycles. The van der Waals surface area contributed by atoms with Crippen molar-refractivity contribution < 1.29 is 17.2 Å². The van der Waals surface area contributed by atoms with Crippen LogP contribution < -0.4 is 10.5 Å². The Balaban J connectivity index is 2.42. The number of hydrogen-bond acceptors (Lipinski definition) is 3. The maximum Gasteiger partial charge on any atom is 0.262 e. The fourth-order valence-electron chi connectivity index (χ4n) is 1.67. The Bertz CT molecular complexity index is 758. The van der Waals surface area contributed by atoms with Gasteiger partial charge in [-0.2, -0.15) is 0 Å². The van der Waals surface area contributed by atoms with E-state index in [1.165, 1.54) is 18.2 Å². The lowest BCUT2D eigenvalue weighted by Crippen LogP contribution is -2.15. The topological polar surface area (TPSA) is 72.2 Å². The van der Waals surface area contributed by atoms with Crippen LogP contribution in [0.2, 0.25) is 0 Å². The molecule has 0 spiro atoms. The van der Waals surface area contributed by atoms with Gasteiger partial charge in [-0.25, -0.2) is 17.2 Å². The number of hydrogen-bond donors (Lipinski definition) is 2. The molecular formula is C13H11BrF2N2O2S. The summed E-state index contributed by atoms with van der Waals surface area (Å²) in [6.45, 7) is 0.157. The van der Waals surface area contributed by atoms with Crippen LogP contribution in [0, 0.1) is 11.6 Å². The number of anilines is 1. The fraction of sp³-hybridized carbons (Fsp3) is 0.0769. The lowest BCUT2D eigenvalue weighted by atomic mass is 10.2. The standard InChI is InChI=1S/C13H11BrF2N2O2S/c14-9-5-11(15)13(12(16)6-9)18-21(19,20)10-3-1-2-8(4-10)7-17/h1-6,18H,7,17H2. The third-order valence-electron chi connectivity index (χ3n) is 2.69. The van der Waals surface area contributed by atoms with Crippen LogP contribution in [-0.2, 0) is 16.6 Å². The lowest BCUT2D eigenvalue weighted by molar-refractivity contribution is 0.582. The molecule has 4 nitrogen and oxygen atoms in total. The molecule has 0 aliphatic rings. The fourth-order valence-corrected chi connectivity index (χ4v) is 3.22. The maximum absolute atomic E-state index is 13.7. The molecule has 0 radical (unpaired) electrons. The first kappa shape index (κ1) is 15.9. The van der Waals surface area contributed by atoms with Gasteiger partial charge in [0.15, 0.2) is 11.6 Å². The van der Waals surface area contributed by atoms with Crippen LogP contribution in [0.5, 0.6) is 0 Å². The normalized spacial score (nSPS) is 11.4. The molecular weight excluding hydrogens is 366 g/mol. The Labute approximate surface area is 129 Å². The number of rotatable bonds is 4. The predicted octanol–water partition coefficient (Wildman–Crippen LogP) is 2.99. The van der Waals surface area contributed by atoms with Gasteiger partial charge in [0, 0.05) is 11.0 Å². The molecule has 21 heavy (non-hydrogen) atoms. The van der Waals surface area contributed by atoms with Gasteiger partial charge in [0.25, 0.3) is 10.0 Å². The third kappa shape index (κ3) is 3.58. The molecule has 0 heterocycles. The summed E-state index contributed by atoms with van der Waals surface area (Å²) in [4.78, 5) is -0.118. The summed E-state index contributed by atoms with van der Waals surface area (Å²) in [5.41, 5.74) is 5.31. The van der Waals surface area contributed by atoms with Crippen LogP contribution in [0.1, 0.15) is 5.56 Å². The van der Waals surface area contributed by atoms with Gasteiger partial charge in [-0.15, -0.1) is 0 Å². The molecule has 0 atom stereocenters. The van der Waals surface area contributed by atoms with Crippen molar-refractivity contribution in [2.24, 2.45) is 5.73 Å². The number of nitrogens with two attached hydrogens (primary N) is 1. The maximum atomic E-state index is 13.7. The Morgan fingerprint density at radius 1 is 1.14 bits per heavy atom. The highest BCUT2D eigenvalue weighted by atomic mass is 79.9. The molecule has 0 aliphatic heterocycles. The van der Waals surface area contributed by atoms with Gasteiger partial charge < -0.3 is 5.73 Å². The second-order valence-electron chi connectivity index (χ2n) is 4.20. The molecule has 8 heteroatoms. The van der Waals surface area contributed by atoms with E-state index in [1.807, 2.05) is 4.72 Å². The molecule has 0 bridgehead atoms. The van der Waals surface area contributed by atoms with Crippen LogP contribution in [0.25, 0.3) is 0 Å². The van der Waals surface area contributed by atoms with E-state index in [4.69, 9.17) is 5.73 Å². The van der Waals surface area contributed by atoms with Crippen molar-refractivity contribution in [3.8, 4) is 0 Å². The number of benzene rings is 2. The number of nitrogens with one attached hydrogen (secondary N) is 1. The van der Waals surface area contributed by atoms with Crippen molar-refractivity contribution in [3.05, 3.63) is 58.1 Å². The smallest absolute Gasteiger partial charge is 0.262 e. The SMILES string of the molecule is NCc1cccc(S(=O)(=O)Nc2c(F)cc(Br)cc2F)c1. The number of halogens is 3. The van der Waals surface area contributed by atoms with E-state index in [1.54, 1.807) is 6.07 Å². The summed E-state index contributed by atoms with van der Waals surface area (Å²) in [5, 5.41) is 0. The highest BCUT2D eigenvalue weighted by Gasteiger charge is 2.20. The monoisotopic (exact) mass is 376 g/mol. The zero-order valence-corrected chi connectivity index (χ0v) is 13.0. The first-order chi connectivity index (χ1) is 9.83. The molecule has 2 aromatic rings. The second kappa shape index (κ2) is 6.08. The summed E-state index contributed by atoms with van der Waals surface area (Å²) in [6.07, 6.45) is 0. The van der Waals surface area contributed by atoms with Crippen molar-refractivity contribution in [1.29, 1.82) is 0 Å². The van der Waals surface area contributed by atoms with E-state index in [2.05, 4.69) is 15.9 Å². The van der Waals surface area contributed by atoms with E-state index in [-0.39, 0.29) is 15.9 Å². The molecule has 0 saturated heterocycles. The Morgan fingerprint density at radius 3 is 2.33 bits per heavy atom. The van der Waals surface area contributed by atoms with Crippen molar-refractivity contribution in [2.75, 3.05) is 4.72 Å². The minimum absolute atomic E-state index is 0.118. The van der Waals surface area contributed by atoms with Gasteiger partial charge >= 0.3 is 0 Å². The van der Waals surface area contributed by atoms with Crippen LogP contribution in [0.4, 0.5) is 14.5 Å². The van der Waals surface area contributed by atoms with Gasteiger partial charge in [-0.05, 0) is 29.8 Å². The molecule has 0 unspecified atom stereocenters. The van der Waals surface area contributed by atoms with E-state index < -0.39 is 27.3 Å². The summed E-state index contributed by atoms with van der Waals surface area (Å²) in [5.74, 6) is -2.03. The van der Waals surface area contributed by atoms with Crippen LogP contribution in [-0.4, -0.2) is 8.42 Å². The van der Waals surface area contributed by atoms with Gasteiger partial charge in [-0.3, -0.25) is 4.72 Å². The van der Waals surface area contributed by atoms with Gasteiger partial charge in [0.1, 0.15) is 5.69 Å². The van der Waals surface area contributed by atoms with E-state index in [0.29, 0.717) is 5.56 Å². The average molecular weight is 377 g/mol. The van der Waals surface area contributed by atoms with E-state index in [0.717, 1.165) is 12.1 Å². The first-order valence-corrected chi connectivity index (χ1v) is 8.07. The Kier molecular flexibility index (Phi) is 4.60. The minimum atomic E-state index is -4.10. The predicted molar refractivity (Wildman–Crippen MR) is 79.2 cm³/mol.